The molecule has 96 valence electrons. The lowest BCUT2D eigenvalue weighted by Crippen LogP contribution is -2.23. The van der Waals surface area contributed by atoms with E-state index in [0.717, 1.165) is 11.3 Å². The Bertz CT molecular complexity index is 609. The zero-order chi connectivity index (χ0) is 13.7. The van der Waals surface area contributed by atoms with Gasteiger partial charge in [0.05, 0.1) is 17.4 Å². The normalized spacial score (nSPS) is 11.1. The van der Waals surface area contributed by atoms with Crippen LogP contribution in [0.15, 0.2) is 53.9 Å². The van der Waals surface area contributed by atoms with Crippen LogP contribution in [0.4, 0.5) is 5.69 Å². The predicted molar refractivity (Wildman–Crippen MR) is 70.8 cm³/mol. The van der Waals surface area contributed by atoms with Gasteiger partial charge in [0.2, 0.25) is 0 Å². The highest BCUT2D eigenvalue weighted by molar-refractivity contribution is 5.99. The number of aromatic carboxylic acids is 1. The van der Waals surface area contributed by atoms with Gasteiger partial charge in [0.15, 0.2) is 0 Å². The molecule has 0 spiro atoms. The first kappa shape index (κ1) is 12.8. The Morgan fingerprint density at radius 1 is 1.21 bits per heavy atom. The SMILES string of the molecule is C/C(=N/Nc1ccccc1C(=O)[O-])c1ccncc1. The van der Waals surface area contributed by atoms with E-state index in [1.165, 1.54) is 6.07 Å². The number of carboxylic acid groups (broad SMARTS) is 1. The zero-order valence-corrected chi connectivity index (χ0v) is 10.3. The Kier molecular flexibility index (Phi) is 3.87. The van der Waals surface area contributed by atoms with Crippen LogP contribution in [-0.2, 0) is 0 Å². The maximum Gasteiger partial charge on any atom is 0.0736 e. The number of carbonyl (C=O) groups excluding carboxylic acids is 1. The number of carbonyl (C=O) groups is 1. The van der Waals surface area contributed by atoms with Gasteiger partial charge in [-0.15, -0.1) is 0 Å². The van der Waals surface area contributed by atoms with Gasteiger partial charge in [-0.25, -0.2) is 0 Å². The smallest absolute Gasteiger partial charge is 0.0736 e. The number of pyridine rings is 1. The Balaban J connectivity index is 2.21. The van der Waals surface area contributed by atoms with Crippen molar-refractivity contribution in [2.45, 2.75) is 6.92 Å². The summed E-state index contributed by atoms with van der Waals surface area (Å²) < 4.78 is 0. The molecule has 1 N–H and O–H groups in total. The minimum Gasteiger partial charge on any atom is -0.545 e. The van der Waals surface area contributed by atoms with Gasteiger partial charge in [0, 0.05) is 23.5 Å². The summed E-state index contributed by atoms with van der Waals surface area (Å²) >= 11 is 0. The number of para-hydroxylation sites is 1. The van der Waals surface area contributed by atoms with Crippen molar-refractivity contribution in [3.8, 4) is 0 Å². The number of anilines is 1. The summed E-state index contributed by atoms with van der Waals surface area (Å²) in [5.41, 5.74) is 4.86. The number of hydrogen-bond donors (Lipinski definition) is 1. The van der Waals surface area contributed by atoms with Crippen molar-refractivity contribution in [2.75, 3.05) is 5.43 Å². The van der Waals surface area contributed by atoms with E-state index in [0.29, 0.717) is 5.69 Å². The largest absolute Gasteiger partial charge is 0.545 e. The molecule has 19 heavy (non-hydrogen) atoms. The van der Waals surface area contributed by atoms with Crippen molar-refractivity contribution in [1.82, 2.24) is 4.98 Å². The van der Waals surface area contributed by atoms with Crippen molar-refractivity contribution < 1.29 is 9.90 Å². The summed E-state index contributed by atoms with van der Waals surface area (Å²) in [5, 5.41) is 15.1. The summed E-state index contributed by atoms with van der Waals surface area (Å²) in [4.78, 5) is 14.9. The Hall–Kier alpha value is -2.69. The van der Waals surface area contributed by atoms with E-state index in [-0.39, 0.29) is 5.56 Å². The topological polar surface area (TPSA) is 77.4 Å². The molecule has 1 aromatic heterocycles. The summed E-state index contributed by atoms with van der Waals surface area (Å²) in [5.74, 6) is -1.24. The van der Waals surface area contributed by atoms with Crippen LogP contribution in [0, 0.1) is 0 Å². The first-order chi connectivity index (χ1) is 9.18. The van der Waals surface area contributed by atoms with E-state index in [2.05, 4.69) is 15.5 Å². The van der Waals surface area contributed by atoms with Gasteiger partial charge in [0.25, 0.3) is 0 Å². The molecule has 0 saturated heterocycles. The highest BCUT2D eigenvalue weighted by Gasteiger charge is 2.01. The first-order valence-corrected chi connectivity index (χ1v) is 5.69. The van der Waals surface area contributed by atoms with Crippen LogP contribution in [0.25, 0.3) is 0 Å². The fourth-order valence-corrected chi connectivity index (χ4v) is 1.56. The lowest BCUT2D eigenvalue weighted by Gasteiger charge is -2.09. The monoisotopic (exact) mass is 254 g/mol. The molecule has 1 aromatic carbocycles. The Morgan fingerprint density at radius 2 is 1.89 bits per heavy atom. The fraction of sp³-hybridized carbons (Fsp3) is 0.0714. The second-order valence-electron chi connectivity index (χ2n) is 3.88. The maximum atomic E-state index is 10.9. The molecule has 0 atom stereocenters. The predicted octanol–water partition coefficient (Wildman–Crippen LogP) is 1.28. The van der Waals surface area contributed by atoms with E-state index >= 15 is 0 Å². The van der Waals surface area contributed by atoms with E-state index in [1.54, 1.807) is 30.6 Å². The molecule has 2 rings (SSSR count). The third-order valence-corrected chi connectivity index (χ3v) is 2.59. The van der Waals surface area contributed by atoms with Crippen molar-refractivity contribution in [1.29, 1.82) is 0 Å². The van der Waals surface area contributed by atoms with Crippen LogP contribution in [0.3, 0.4) is 0 Å². The maximum absolute atomic E-state index is 10.9. The summed E-state index contributed by atoms with van der Waals surface area (Å²) in [6.07, 6.45) is 3.34. The molecule has 1 heterocycles. The van der Waals surface area contributed by atoms with Crippen LogP contribution in [0.2, 0.25) is 0 Å². The lowest BCUT2D eigenvalue weighted by atomic mass is 10.2. The third-order valence-electron chi connectivity index (χ3n) is 2.59. The number of carboxylic acids is 1. The number of hydrogen-bond acceptors (Lipinski definition) is 5. The molecule has 5 nitrogen and oxygen atoms in total. The van der Waals surface area contributed by atoms with Crippen molar-refractivity contribution >= 4 is 17.4 Å². The molecule has 0 fully saturated rings. The number of aromatic nitrogens is 1. The Morgan fingerprint density at radius 3 is 2.58 bits per heavy atom. The fourth-order valence-electron chi connectivity index (χ4n) is 1.56. The second kappa shape index (κ2) is 5.77. The molecule has 0 bridgehead atoms. The number of nitrogens with zero attached hydrogens (tertiary/aromatic N) is 2. The molecule has 0 unspecified atom stereocenters. The molecule has 0 saturated carbocycles. The van der Waals surface area contributed by atoms with Gasteiger partial charge in [0.1, 0.15) is 0 Å². The average molecular weight is 254 g/mol. The van der Waals surface area contributed by atoms with Gasteiger partial charge < -0.3 is 9.90 Å². The standard InChI is InChI=1S/C14H13N3O2/c1-10(11-6-8-15-9-7-11)16-17-13-5-3-2-4-12(13)14(18)19/h2-9,17H,1H3,(H,18,19)/p-1/b16-10-. The molecule has 5 heteroatoms. The van der Waals surface area contributed by atoms with Crippen LogP contribution < -0.4 is 10.5 Å². The number of benzene rings is 1. The van der Waals surface area contributed by atoms with E-state index in [9.17, 15) is 9.90 Å². The molecule has 0 amide bonds. The van der Waals surface area contributed by atoms with Crippen molar-refractivity contribution in [3.63, 3.8) is 0 Å². The van der Waals surface area contributed by atoms with Gasteiger partial charge >= 0.3 is 0 Å². The number of hydrazone groups is 1. The van der Waals surface area contributed by atoms with Gasteiger partial charge in [-0.05, 0) is 25.1 Å². The summed E-state index contributed by atoms with van der Waals surface area (Å²) in [6.45, 7) is 1.82. The van der Waals surface area contributed by atoms with Gasteiger partial charge in [-0.2, -0.15) is 5.10 Å². The summed E-state index contributed by atoms with van der Waals surface area (Å²) in [6, 6.07) is 10.1. The van der Waals surface area contributed by atoms with Crippen LogP contribution in [0.1, 0.15) is 22.8 Å². The van der Waals surface area contributed by atoms with E-state index in [4.69, 9.17) is 0 Å². The molecular formula is C14H12N3O2-. The molecule has 0 aliphatic carbocycles. The highest BCUT2D eigenvalue weighted by Crippen LogP contribution is 2.14. The quantitative estimate of drug-likeness (QED) is 0.658. The average Bonchev–Trinajstić information content (AvgIpc) is 2.46. The molecule has 2 aromatic rings. The lowest BCUT2D eigenvalue weighted by molar-refractivity contribution is -0.254. The van der Waals surface area contributed by atoms with Crippen LogP contribution in [0.5, 0.6) is 0 Å². The number of rotatable bonds is 4. The number of nitrogens with one attached hydrogen (secondary N) is 1. The van der Waals surface area contributed by atoms with Gasteiger partial charge in [-0.3, -0.25) is 10.4 Å². The molecular weight excluding hydrogens is 242 g/mol. The first-order valence-electron chi connectivity index (χ1n) is 5.69. The van der Waals surface area contributed by atoms with E-state index in [1.807, 2.05) is 19.1 Å². The minimum atomic E-state index is -1.24. The van der Waals surface area contributed by atoms with Crippen molar-refractivity contribution in [2.24, 2.45) is 5.10 Å². The molecule has 0 aliphatic rings. The highest BCUT2D eigenvalue weighted by atomic mass is 16.4. The van der Waals surface area contributed by atoms with Crippen LogP contribution in [-0.4, -0.2) is 16.7 Å². The van der Waals surface area contributed by atoms with Crippen LogP contribution >= 0.6 is 0 Å². The molecule has 0 radical (unpaired) electrons. The van der Waals surface area contributed by atoms with Gasteiger partial charge in [-0.1, -0.05) is 18.2 Å². The summed E-state index contributed by atoms with van der Waals surface area (Å²) in [7, 11) is 0. The second-order valence-corrected chi connectivity index (χ2v) is 3.88. The van der Waals surface area contributed by atoms with Crippen molar-refractivity contribution in [3.05, 3.63) is 59.9 Å². The third kappa shape index (κ3) is 3.16. The molecule has 0 aliphatic heterocycles. The minimum absolute atomic E-state index is 0.0776. The van der Waals surface area contributed by atoms with E-state index < -0.39 is 5.97 Å². The zero-order valence-electron chi connectivity index (χ0n) is 10.3. The Labute approximate surface area is 110 Å².